The second-order valence-electron chi connectivity index (χ2n) is 3.04. The highest BCUT2D eigenvalue weighted by molar-refractivity contribution is 7.98. The maximum Gasteiger partial charge on any atom is 0.347 e. The summed E-state index contributed by atoms with van der Waals surface area (Å²) in [6.07, 6.45) is 4.44. The Bertz CT molecular complexity index is 328. The van der Waals surface area contributed by atoms with E-state index in [4.69, 9.17) is 5.11 Å². The first-order valence-electron chi connectivity index (χ1n) is 4.62. The number of nitrogens with one attached hydrogen (secondary N) is 1. The maximum absolute atomic E-state index is 10.6. The molecule has 0 aliphatic heterocycles. The zero-order valence-corrected chi connectivity index (χ0v) is 10.3. The van der Waals surface area contributed by atoms with Crippen LogP contribution in [0.15, 0.2) is 6.20 Å². The lowest BCUT2D eigenvalue weighted by atomic mass is 10.3. The van der Waals surface area contributed by atoms with Crippen LogP contribution in [0.2, 0.25) is 0 Å². The summed E-state index contributed by atoms with van der Waals surface area (Å²) in [4.78, 5) is 14.9. The fraction of sp³-hybridized carbons (Fsp3) is 0.556. The molecule has 1 aromatic rings. The molecule has 0 saturated carbocycles. The van der Waals surface area contributed by atoms with Gasteiger partial charge in [-0.1, -0.05) is 18.3 Å². The molecule has 0 bridgehead atoms. The van der Waals surface area contributed by atoms with Gasteiger partial charge in [0.2, 0.25) is 0 Å². The number of aromatic nitrogens is 1. The topological polar surface area (TPSA) is 62.2 Å². The van der Waals surface area contributed by atoms with Crippen LogP contribution in [0.5, 0.6) is 0 Å². The average Bonchev–Trinajstić information content (AvgIpc) is 2.65. The number of anilines is 1. The van der Waals surface area contributed by atoms with Crippen molar-refractivity contribution in [2.24, 2.45) is 0 Å². The van der Waals surface area contributed by atoms with Gasteiger partial charge in [-0.2, -0.15) is 11.8 Å². The summed E-state index contributed by atoms with van der Waals surface area (Å²) in [6, 6.07) is 0.354. The van der Waals surface area contributed by atoms with Gasteiger partial charge in [-0.15, -0.1) is 0 Å². The van der Waals surface area contributed by atoms with Crippen molar-refractivity contribution >= 4 is 34.2 Å². The Morgan fingerprint density at radius 2 is 2.53 bits per heavy atom. The van der Waals surface area contributed by atoms with Crippen LogP contribution in [0.4, 0.5) is 5.13 Å². The van der Waals surface area contributed by atoms with Crippen LogP contribution < -0.4 is 5.32 Å². The molecule has 4 nitrogen and oxygen atoms in total. The van der Waals surface area contributed by atoms with Crippen LogP contribution in [-0.2, 0) is 0 Å². The Morgan fingerprint density at radius 3 is 3.00 bits per heavy atom. The van der Waals surface area contributed by atoms with Crippen molar-refractivity contribution in [3.8, 4) is 0 Å². The summed E-state index contributed by atoms with van der Waals surface area (Å²) in [5.74, 6) is 0.0804. The van der Waals surface area contributed by atoms with Crippen molar-refractivity contribution in [3.05, 3.63) is 11.1 Å². The van der Waals surface area contributed by atoms with E-state index in [1.165, 1.54) is 17.5 Å². The molecule has 15 heavy (non-hydrogen) atoms. The fourth-order valence-corrected chi connectivity index (χ4v) is 2.53. The smallest absolute Gasteiger partial charge is 0.347 e. The molecule has 0 aliphatic rings. The highest BCUT2D eigenvalue weighted by Crippen LogP contribution is 2.20. The van der Waals surface area contributed by atoms with Crippen molar-refractivity contribution in [1.82, 2.24) is 4.98 Å². The number of rotatable bonds is 6. The van der Waals surface area contributed by atoms with Crippen molar-refractivity contribution in [1.29, 1.82) is 0 Å². The number of carboxylic acid groups (broad SMARTS) is 1. The summed E-state index contributed by atoms with van der Waals surface area (Å²) in [7, 11) is 0. The van der Waals surface area contributed by atoms with E-state index in [2.05, 4.69) is 23.5 Å². The second kappa shape index (κ2) is 5.97. The van der Waals surface area contributed by atoms with Crippen LogP contribution in [0, 0.1) is 0 Å². The lowest BCUT2D eigenvalue weighted by Crippen LogP contribution is -2.20. The summed E-state index contributed by atoms with van der Waals surface area (Å²) in [6.45, 7) is 2.10. The molecule has 84 valence electrons. The van der Waals surface area contributed by atoms with E-state index in [1.54, 1.807) is 11.8 Å². The fourth-order valence-electron chi connectivity index (χ4n) is 1.08. The number of carbonyl (C=O) groups is 1. The Hall–Kier alpha value is -0.750. The van der Waals surface area contributed by atoms with Gasteiger partial charge >= 0.3 is 5.97 Å². The molecule has 0 aliphatic carbocycles. The van der Waals surface area contributed by atoms with E-state index in [9.17, 15) is 4.79 Å². The predicted molar refractivity (Wildman–Crippen MR) is 65.2 cm³/mol. The van der Waals surface area contributed by atoms with E-state index in [-0.39, 0.29) is 4.88 Å². The standard InChI is InChI=1S/C9H14N2O2S2/c1-3-6(5-14-2)11-9-10-4-7(15-9)8(12)13/h4,6H,3,5H2,1-2H3,(H,10,11)(H,12,13). The van der Waals surface area contributed by atoms with Gasteiger partial charge in [0.05, 0.1) is 6.20 Å². The van der Waals surface area contributed by atoms with Gasteiger partial charge in [0.25, 0.3) is 0 Å². The van der Waals surface area contributed by atoms with Gasteiger partial charge in [0.1, 0.15) is 4.88 Å². The van der Waals surface area contributed by atoms with Gasteiger partial charge in [-0.05, 0) is 12.7 Å². The third-order valence-electron chi connectivity index (χ3n) is 1.90. The molecule has 0 amide bonds. The number of nitrogens with zero attached hydrogens (tertiary/aromatic N) is 1. The van der Waals surface area contributed by atoms with Gasteiger partial charge in [-0.25, -0.2) is 9.78 Å². The molecule has 0 spiro atoms. The van der Waals surface area contributed by atoms with E-state index in [1.807, 2.05) is 0 Å². The molecule has 1 heterocycles. The summed E-state index contributed by atoms with van der Waals surface area (Å²) in [5, 5.41) is 12.6. The van der Waals surface area contributed by atoms with Gasteiger partial charge in [-0.3, -0.25) is 0 Å². The Labute approximate surface area is 97.1 Å². The molecule has 2 N–H and O–H groups in total. The molecule has 0 saturated heterocycles. The quantitative estimate of drug-likeness (QED) is 0.807. The molecular weight excluding hydrogens is 232 g/mol. The first-order chi connectivity index (χ1) is 7.17. The number of thiazole rings is 1. The molecule has 0 radical (unpaired) electrons. The van der Waals surface area contributed by atoms with Crippen LogP contribution in [0.25, 0.3) is 0 Å². The lowest BCUT2D eigenvalue weighted by molar-refractivity contribution is 0.0702. The number of carboxylic acids is 1. The second-order valence-corrected chi connectivity index (χ2v) is 4.98. The number of thioether (sulfide) groups is 1. The number of hydrogen-bond donors (Lipinski definition) is 2. The highest BCUT2D eigenvalue weighted by atomic mass is 32.2. The average molecular weight is 246 g/mol. The lowest BCUT2D eigenvalue weighted by Gasteiger charge is -2.14. The van der Waals surface area contributed by atoms with Crippen LogP contribution in [0.3, 0.4) is 0 Å². The Morgan fingerprint density at radius 1 is 1.80 bits per heavy atom. The molecule has 0 aromatic carbocycles. The van der Waals surface area contributed by atoms with Crippen molar-refractivity contribution in [2.45, 2.75) is 19.4 Å². The van der Waals surface area contributed by atoms with Crippen molar-refractivity contribution in [3.63, 3.8) is 0 Å². The maximum atomic E-state index is 10.6. The Kier molecular flexibility index (Phi) is 4.90. The predicted octanol–water partition coefficient (Wildman–Crippen LogP) is 2.39. The normalized spacial score (nSPS) is 12.4. The molecule has 1 rings (SSSR count). The van der Waals surface area contributed by atoms with Gasteiger partial charge < -0.3 is 10.4 Å². The zero-order chi connectivity index (χ0) is 11.3. The van der Waals surface area contributed by atoms with Gasteiger partial charge in [0.15, 0.2) is 5.13 Å². The minimum absolute atomic E-state index is 0.275. The van der Waals surface area contributed by atoms with E-state index in [0.29, 0.717) is 11.2 Å². The van der Waals surface area contributed by atoms with Crippen LogP contribution >= 0.6 is 23.1 Å². The van der Waals surface area contributed by atoms with E-state index in [0.717, 1.165) is 12.2 Å². The largest absolute Gasteiger partial charge is 0.477 e. The minimum Gasteiger partial charge on any atom is -0.477 e. The molecule has 1 atom stereocenters. The monoisotopic (exact) mass is 246 g/mol. The molecule has 6 heteroatoms. The first kappa shape index (κ1) is 12.3. The van der Waals surface area contributed by atoms with Crippen LogP contribution in [-0.4, -0.2) is 34.1 Å². The zero-order valence-electron chi connectivity index (χ0n) is 8.69. The Balaban J connectivity index is 2.59. The van der Waals surface area contributed by atoms with E-state index < -0.39 is 5.97 Å². The SMILES string of the molecule is CCC(CSC)Nc1ncc(C(=O)O)s1. The number of aromatic carboxylic acids is 1. The first-order valence-corrected chi connectivity index (χ1v) is 6.83. The van der Waals surface area contributed by atoms with Gasteiger partial charge in [0, 0.05) is 11.8 Å². The van der Waals surface area contributed by atoms with E-state index >= 15 is 0 Å². The number of hydrogen-bond acceptors (Lipinski definition) is 5. The third kappa shape index (κ3) is 3.71. The third-order valence-corrected chi connectivity index (χ3v) is 3.56. The molecule has 1 unspecified atom stereocenters. The van der Waals surface area contributed by atoms with Crippen molar-refractivity contribution in [2.75, 3.05) is 17.3 Å². The van der Waals surface area contributed by atoms with Crippen LogP contribution in [0.1, 0.15) is 23.0 Å². The highest BCUT2D eigenvalue weighted by Gasteiger charge is 2.11. The molecular formula is C9H14N2O2S2. The molecule has 1 aromatic heterocycles. The molecule has 0 fully saturated rings. The van der Waals surface area contributed by atoms with Crippen molar-refractivity contribution < 1.29 is 9.90 Å². The summed E-state index contributed by atoms with van der Waals surface area (Å²) in [5.41, 5.74) is 0. The summed E-state index contributed by atoms with van der Waals surface area (Å²) >= 11 is 2.94. The summed E-state index contributed by atoms with van der Waals surface area (Å²) < 4.78 is 0. The minimum atomic E-state index is -0.918.